The zero-order chi connectivity index (χ0) is 16.1. The normalized spacial score (nSPS) is 13.6. The van der Waals surface area contributed by atoms with Crippen molar-refractivity contribution in [2.45, 2.75) is 13.1 Å². The van der Waals surface area contributed by atoms with Crippen LogP contribution in [0.4, 0.5) is 0 Å². The molecule has 1 N–H and O–H groups in total. The van der Waals surface area contributed by atoms with E-state index in [4.69, 9.17) is 4.74 Å². The van der Waals surface area contributed by atoms with Crippen LogP contribution in [0.5, 0.6) is 0 Å². The molecule has 0 saturated carbocycles. The van der Waals surface area contributed by atoms with Gasteiger partial charge in [-0.1, -0.05) is 0 Å². The number of amides is 1. The van der Waals surface area contributed by atoms with Crippen molar-refractivity contribution in [2.24, 2.45) is 7.05 Å². The summed E-state index contributed by atoms with van der Waals surface area (Å²) in [6.45, 7) is 1.13. The Morgan fingerprint density at radius 1 is 1.35 bits per heavy atom. The Kier molecular flexibility index (Phi) is 3.02. The third kappa shape index (κ3) is 2.14. The molecule has 0 bridgehead atoms. The highest BCUT2D eigenvalue weighted by Gasteiger charge is 2.28. The molecule has 1 aliphatic rings. The molecule has 7 nitrogen and oxygen atoms in total. The molecule has 1 amide bonds. The van der Waals surface area contributed by atoms with Crippen LogP contribution in [0.1, 0.15) is 31.4 Å². The topological polar surface area (TPSA) is 80.2 Å². The van der Waals surface area contributed by atoms with E-state index < -0.39 is 0 Å². The maximum atomic E-state index is 12.6. The van der Waals surface area contributed by atoms with Crippen molar-refractivity contribution in [1.29, 1.82) is 0 Å². The molecule has 118 valence electrons. The predicted molar refractivity (Wildman–Crippen MR) is 84.3 cm³/mol. The molecule has 3 aromatic heterocycles. The number of ether oxygens (including phenoxy) is 1. The van der Waals surface area contributed by atoms with Crippen molar-refractivity contribution in [1.82, 2.24) is 19.7 Å². The minimum Gasteiger partial charge on any atom is -0.465 e. The van der Waals surface area contributed by atoms with Crippen LogP contribution in [-0.4, -0.2) is 38.7 Å². The standard InChI is InChI=1S/C15H14N4O3S/c1-18-11-7-19(6-8(11)5-16-18)14(20)10-4-12-9(17-10)3-13(23-12)15(21)22-2/h3-5,17H,6-7H2,1-2H3. The van der Waals surface area contributed by atoms with Crippen molar-refractivity contribution in [2.75, 3.05) is 7.11 Å². The van der Waals surface area contributed by atoms with Crippen molar-refractivity contribution < 1.29 is 14.3 Å². The quantitative estimate of drug-likeness (QED) is 0.728. The van der Waals surface area contributed by atoms with Crippen LogP contribution in [0.25, 0.3) is 10.2 Å². The summed E-state index contributed by atoms with van der Waals surface area (Å²) in [4.78, 5) is 29.6. The summed E-state index contributed by atoms with van der Waals surface area (Å²) in [5, 5.41) is 4.19. The van der Waals surface area contributed by atoms with E-state index >= 15 is 0 Å². The molecule has 1 aliphatic heterocycles. The molecule has 23 heavy (non-hydrogen) atoms. The van der Waals surface area contributed by atoms with Gasteiger partial charge in [0, 0.05) is 19.2 Å². The average molecular weight is 330 g/mol. The molecule has 3 aromatic rings. The average Bonchev–Trinajstić information content (AvgIpc) is 3.26. The number of aromatic nitrogens is 3. The van der Waals surface area contributed by atoms with E-state index in [0.717, 1.165) is 21.5 Å². The Morgan fingerprint density at radius 3 is 2.87 bits per heavy atom. The number of thiophene rings is 1. The minimum absolute atomic E-state index is 0.0516. The molecule has 4 heterocycles. The summed E-state index contributed by atoms with van der Waals surface area (Å²) in [5.74, 6) is -0.417. The van der Waals surface area contributed by atoms with Crippen molar-refractivity contribution in [3.05, 3.63) is 40.2 Å². The highest BCUT2D eigenvalue weighted by Crippen LogP contribution is 2.29. The number of carbonyl (C=O) groups is 2. The highest BCUT2D eigenvalue weighted by molar-refractivity contribution is 7.20. The zero-order valence-electron chi connectivity index (χ0n) is 12.6. The number of hydrogen-bond acceptors (Lipinski definition) is 5. The number of rotatable bonds is 2. The third-order valence-corrected chi connectivity index (χ3v) is 5.12. The van der Waals surface area contributed by atoms with Gasteiger partial charge in [0.2, 0.25) is 0 Å². The number of fused-ring (bicyclic) bond motifs is 2. The number of nitrogens with zero attached hydrogens (tertiary/aromatic N) is 3. The largest absolute Gasteiger partial charge is 0.465 e. The SMILES string of the molecule is COC(=O)c1cc2[nH]c(C(=O)N3Cc4cnn(C)c4C3)cc2s1. The first-order valence-corrected chi connectivity index (χ1v) is 7.88. The molecule has 0 unspecified atom stereocenters. The molecular weight excluding hydrogens is 316 g/mol. The lowest BCUT2D eigenvalue weighted by Gasteiger charge is -2.14. The van der Waals surface area contributed by atoms with Gasteiger partial charge in [-0.15, -0.1) is 11.3 Å². The van der Waals surface area contributed by atoms with Crippen LogP contribution < -0.4 is 0 Å². The van der Waals surface area contributed by atoms with E-state index in [2.05, 4.69) is 10.1 Å². The van der Waals surface area contributed by atoms with Gasteiger partial charge in [-0.25, -0.2) is 4.79 Å². The maximum Gasteiger partial charge on any atom is 0.348 e. The molecule has 0 saturated heterocycles. The second kappa shape index (κ2) is 4.95. The van der Waals surface area contributed by atoms with E-state index in [1.807, 2.05) is 7.05 Å². The van der Waals surface area contributed by atoms with Crippen LogP contribution in [-0.2, 0) is 24.9 Å². The highest BCUT2D eigenvalue weighted by atomic mass is 32.1. The second-order valence-corrected chi connectivity index (χ2v) is 6.55. The minimum atomic E-state index is -0.366. The summed E-state index contributed by atoms with van der Waals surface area (Å²) >= 11 is 1.31. The Morgan fingerprint density at radius 2 is 2.17 bits per heavy atom. The van der Waals surface area contributed by atoms with Gasteiger partial charge in [0.05, 0.1) is 35.8 Å². The first kappa shape index (κ1) is 14.0. The molecule has 0 aromatic carbocycles. The third-order valence-electron chi connectivity index (χ3n) is 4.06. The lowest BCUT2D eigenvalue weighted by molar-refractivity contribution is 0.0606. The van der Waals surface area contributed by atoms with Gasteiger partial charge in [-0.3, -0.25) is 9.48 Å². The van der Waals surface area contributed by atoms with Gasteiger partial charge in [-0.05, 0) is 12.1 Å². The van der Waals surface area contributed by atoms with E-state index in [1.165, 1.54) is 18.4 Å². The molecule has 0 spiro atoms. The monoisotopic (exact) mass is 330 g/mol. The van der Waals surface area contributed by atoms with Crippen molar-refractivity contribution in [3.8, 4) is 0 Å². The van der Waals surface area contributed by atoms with Crippen LogP contribution >= 0.6 is 11.3 Å². The molecule has 0 aliphatic carbocycles. The van der Waals surface area contributed by atoms with Gasteiger partial charge in [0.15, 0.2) is 0 Å². The van der Waals surface area contributed by atoms with Crippen molar-refractivity contribution >= 4 is 33.4 Å². The van der Waals surface area contributed by atoms with Crippen molar-refractivity contribution in [3.63, 3.8) is 0 Å². The molecule has 4 rings (SSSR count). The first-order chi connectivity index (χ1) is 11.1. The summed E-state index contributed by atoms with van der Waals surface area (Å²) < 4.78 is 7.38. The van der Waals surface area contributed by atoms with E-state index in [-0.39, 0.29) is 11.9 Å². The van der Waals surface area contributed by atoms with E-state index in [9.17, 15) is 9.59 Å². The van der Waals surface area contributed by atoms with Crippen LogP contribution in [0.2, 0.25) is 0 Å². The summed E-state index contributed by atoms with van der Waals surface area (Å²) in [5.41, 5.74) is 3.46. The number of hydrogen-bond donors (Lipinski definition) is 1. The number of aromatic amines is 1. The van der Waals surface area contributed by atoms with Gasteiger partial charge in [0.1, 0.15) is 10.6 Å². The molecule has 0 fully saturated rings. The van der Waals surface area contributed by atoms with Gasteiger partial charge < -0.3 is 14.6 Å². The number of aryl methyl sites for hydroxylation is 1. The number of esters is 1. The fourth-order valence-electron chi connectivity index (χ4n) is 2.84. The van der Waals surface area contributed by atoms with E-state index in [1.54, 1.807) is 27.9 Å². The van der Waals surface area contributed by atoms with Crippen LogP contribution in [0, 0.1) is 0 Å². The van der Waals surface area contributed by atoms with Crippen LogP contribution in [0.3, 0.4) is 0 Å². The second-order valence-electron chi connectivity index (χ2n) is 5.46. The number of nitrogens with one attached hydrogen (secondary N) is 1. The van der Waals surface area contributed by atoms with Crippen LogP contribution in [0.15, 0.2) is 18.3 Å². The smallest absolute Gasteiger partial charge is 0.348 e. The van der Waals surface area contributed by atoms with E-state index in [0.29, 0.717) is 23.7 Å². The summed E-state index contributed by atoms with van der Waals surface area (Å²) in [7, 11) is 3.23. The molecule has 0 atom stereocenters. The molecule has 0 radical (unpaired) electrons. The molecule has 8 heteroatoms. The lowest BCUT2D eigenvalue weighted by atomic mass is 10.3. The predicted octanol–water partition coefficient (Wildman–Crippen LogP) is 1.91. The molecular formula is C15H14N4O3S. The number of methoxy groups -OCH3 is 1. The lowest BCUT2D eigenvalue weighted by Crippen LogP contribution is -2.26. The Hall–Kier alpha value is -2.61. The Balaban J connectivity index is 1.58. The summed E-state index contributed by atoms with van der Waals surface area (Å²) in [6, 6.07) is 3.50. The fourth-order valence-corrected chi connectivity index (χ4v) is 3.82. The van der Waals surface area contributed by atoms with Gasteiger partial charge in [-0.2, -0.15) is 5.10 Å². The first-order valence-electron chi connectivity index (χ1n) is 7.06. The number of carbonyl (C=O) groups excluding carboxylic acids is 2. The number of H-pyrrole nitrogens is 1. The van der Waals surface area contributed by atoms with Gasteiger partial charge in [0.25, 0.3) is 5.91 Å². The Bertz CT molecular complexity index is 904. The Labute approximate surface area is 135 Å². The maximum absolute atomic E-state index is 12.6. The summed E-state index contributed by atoms with van der Waals surface area (Å²) in [6.07, 6.45) is 1.80. The zero-order valence-corrected chi connectivity index (χ0v) is 13.4. The fraction of sp³-hybridized carbons (Fsp3) is 0.267. The van der Waals surface area contributed by atoms with Gasteiger partial charge >= 0.3 is 5.97 Å².